The Morgan fingerprint density at radius 3 is 2.68 bits per heavy atom. The molecule has 0 radical (unpaired) electrons. The number of likely N-dealkylation sites (tertiary alicyclic amines) is 1. The maximum Gasteiger partial charge on any atom is 0.232 e. The van der Waals surface area contributed by atoms with Crippen LogP contribution in [0.2, 0.25) is 5.02 Å². The fourth-order valence-electron chi connectivity index (χ4n) is 4.85. The van der Waals surface area contributed by atoms with Crippen molar-refractivity contribution in [1.29, 1.82) is 0 Å². The standard InChI is InChI=1S/C24H25ClN4O2/c25-21-10-4-3-8-17(21)12-22(30)29-14-19(18-9-5-11-26-13-18)20(15-29)24-27-23(28-31-24)16-6-1-2-7-16/h3-5,8-11,13,16,19-20H,1-2,6-7,12,14-15H2. The molecule has 1 saturated heterocycles. The minimum absolute atomic E-state index is 0.0398. The van der Waals surface area contributed by atoms with E-state index in [1.165, 1.54) is 12.8 Å². The van der Waals surface area contributed by atoms with Crippen LogP contribution in [0.5, 0.6) is 0 Å². The Labute approximate surface area is 186 Å². The molecule has 1 amide bonds. The van der Waals surface area contributed by atoms with Crippen molar-refractivity contribution in [3.05, 3.63) is 76.7 Å². The second-order valence-corrected chi connectivity index (χ2v) is 8.95. The summed E-state index contributed by atoms with van der Waals surface area (Å²) in [4.78, 5) is 24.1. The lowest BCUT2D eigenvalue weighted by molar-refractivity contribution is -0.129. The van der Waals surface area contributed by atoms with Gasteiger partial charge in [0.05, 0.1) is 12.3 Å². The van der Waals surface area contributed by atoms with E-state index in [1.807, 2.05) is 41.4 Å². The highest BCUT2D eigenvalue weighted by atomic mass is 35.5. The van der Waals surface area contributed by atoms with Crippen LogP contribution >= 0.6 is 11.6 Å². The molecule has 0 spiro atoms. The molecule has 1 saturated carbocycles. The minimum Gasteiger partial charge on any atom is -0.341 e. The minimum atomic E-state index is -0.0398. The molecule has 0 bridgehead atoms. The van der Waals surface area contributed by atoms with Crippen molar-refractivity contribution in [3.8, 4) is 0 Å². The number of pyridine rings is 1. The molecule has 2 aromatic heterocycles. The molecule has 2 aliphatic rings. The lowest BCUT2D eigenvalue weighted by Crippen LogP contribution is -2.30. The molecule has 3 aromatic rings. The highest BCUT2D eigenvalue weighted by Crippen LogP contribution is 2.40. The van der Waals surface area contributed by atoms with Crippen LogP contribution in [0.1, 0.15) is 66.3 Å². The smallest absolute Gasteiger partial charge is 0.232 e. The van der Waals surface area contributed by atoms with E-state index in [0.29, 0.717) is 29.9 Å². The van der Waals surface area contributed by atoms with E-state index in [0.717, 1.165) is 29.8 Å². The summed E-state index contributed by atoms with van der Waals surface area (Å²) < 4.78 is 5.74. The number of rotatable bonds is 5. The van der Waals surface area contributed by atoms with Crippen molar-refractivity contribution < 1.29 is 9.32 Å². The quantitative estimate of drug-likeness (QED) is 0.578. The van der Waals surface area contributed by atoms with E-state index >= 15 is 0 Å². The zero-order chi connectivity index (χ0) is 21.2. The summed E-state index contributed by atoms with van der Waals surface area (Å²) in [6, 6.07) is 11.5. The average molecular weight is 437 g/mol. The van der Waals surface area contributed by atoms with E-state index in [4.69, 9.17) is 21.1 Å². The molecule has 2 atom stereocenters. The fraction of sp³-hybridized carbons (Fsp3) is 0.417. The number of nitrogens with zero attached hydrogens (tertiary/aromatic N) is 4. The summed E-state index contributed by atoms with van der Waals surface area (Å²) in [7, 11) is 0. The third-order valence-corrected chi connectivity index (χ3v) is 6.95. The summed E-state index contributed by atoms with van der Waals surface area (Å²) in [5.41, 5.74) is 1.93. The lowest BCUT2D eigenvalue weighted by atomic mass is 9.90. The summed E-state index contributed by atoms with van der Waals surface area (Å²) in [5, 5.41) is 4.92. The molecule has 1 aromatic carbocycles. The van der Waals surface area contributed by atoms with Crippen molar-refractivity contribution in [2.45, 2.75) is 49.9 Å². The van der Waals surface area contributed by atoms with Crippen molar-refractivity contribution >= 4 is 17.5 Å². The molecule has 31 heavy (non-hydrogen) atoms. The third-order valence-electron chi connectivity index (χ3n) is 6.58. The molecular formula is C24H25ClN4O2. The number of hydrogen-bond donors (Lipinski definition) is 0. The number of benzene rings is 1. The van der Waals surface area contributed by atoms with Gasteiger partial charge in [0.2, 0.25) is 11.8 Å². The van der Waals surface area contributed by atoms with E-state index in [9.17, 15) is 4.79 Å². The van der Waals surface area contributed by atoms with E-state index in [-0.39, 0.29) is 24.2 Å². The van der Waals surface area contributed by atoms with Crippen molar-refractivity contribution in [2.24, 2.45) is 0 Å². The lowest BCUT2D eigenvalue weighted by Gasteiger charge is -2.17. The summed E-state index contributed by atoms with van der Waals surface area (Å²) >= 11 is 6.28. The van der Waals surface area contributed by atoms with Gasteiger partial charge in [-0.05, 0) is 36.1 Å². The first-order chi connectivity index (χ1) is 15.2. The maximum absolute atomic E-state index is 13.1. The molecule has 2 fully saturated rings. The molecule has 2 unspecified atom stereocenters. The van der Waals surface area contributed by atoms with Gasteiger partial charge in [0.25, 0.3) is 0 Å². The van der Waals surface area contributed by atoms with Crippen LogP contribution in [0.3, 0.4) is 0 Å². The van der Waals surface area contributed by atoms with Gasteiger partial charge in [-0.1, -0.05) is 53.9 Å². The van der Waals surface area contributed by atoms with Gasteiger partial charge in [0, 0.05) is 42.3 Å². The Hall–Kier alpha value is -2.73. The van der Waals surface area contributed by atoms with Gasteiger partial charge >= 0.3 is 0 Å². The van der Waals surface area contributed by atoms with Gasteiger partial charge in [-0.3, -0.25) is 9.78 Å². The molecule has 6 nitrogen and oxygen atoms in total. The van der Waals surface area contributed by atoms with Crippen LogP contribution in [0.4, 0.5) is 0 Å². The predicted octanol–water partition coefficient (Wildman–Crippen LogP) is 4.73. The van der Waals surface area contributed by atoms with E-state index in [1.54, 1.807) is 6.20 Å². The predicted molar refractivity (Wildman–Crippen MR) is 117 cm³/mol. The topological polar surface area (TPSA) is 72.1 Å². The zero-order valence-electron chi connectivity index (χ0n) is 17.3. The Balaban J connectivity index is 1.39. The summed E-state index contributed by atoms with van der Waals surface area (Å²) in [6.07, 6.45) is 8.60. The number of hydrogen-bond acceptors (Lipinski definition) is 5. The zero-order valence-corrected chi connectivity index (χ0v) is 18.0. The Morgan fingerprint density at radius 1 is 1.10 bits per heavy atom. The fourth-order valence-corrected chi connectivity index (χ4v) is 5.06. The highest BCUT2D eigenvalue weighted by molar-refractivity contribution is 6.31. The highest BCUT2D eigenvalue weighted by Gasteiger charge is 2.40. The van der Waals surface area contributed by atoms with Crippen molar-refractivity contribution in [3.63, 3.8) is 0 Å². The Kier molecular flexibility index (Phi) is 5.72. The summed E-state index contributed by atoms with van der Waals surface area (Å²) in [6.45, 7) is 1.15. The van der Waals surface area contributed by atoms with Crippen molar-refractivity contribution in [2.75, 3.05) is 13.1 Å². The number of halogens is 1. The second-order valence-electron chi connectivity index (χ2n) is 8.54. The number of amides is 1. The molecule has 0 N–H and O–H groups in total. The van der Waals surface area contributed by atoms with Gasteiger partial charge in [0.15, 0.2) is 5.82 Å². The van der Waals surface area contributed by atoms with E-state index in [2.05, 4.69) is 16.2 Å². The van der Waals surface area contributed by atoms with Gasteiger partial charge in [-0.15, -0.1) is 0 Å². The largest absolute Gasteiger partial charge is 0.341 e. The third kappa shape index (κ3) is 4.22. The molecule has 5 rings (SSSR count). The normalized spacial score (nSPS) is 21.6. The van der Waals surface area contributed by atoms with Gasteiger partial charge in [-0.25, -0.2) is 0 Å². The van der Waals surface area contributed by atoms with E-state index < -0.39 is 0 Å². The molecule has 7 heteroatoms. The molecule has 160 valence electrons. The van der Waals surface area contributed by atoms with Gasteiger partial charge < -0.3 is 9.42 Å². The maximum atomic E-state index is 13.1. The number of aromatic nitrogens is 3. The van der Waals surface area contributed by atoms with Crippen LogP contribution in [-0.4, -0.2) is 39.0 Å². The molecule has 3 heterocycles. The molecule has 1 aliphatic heterocycles. The first kappa shape index (κ1) is 20.2. The summed E-state index contributed by atoms with van der Waals surface area (Å²) in [5.74, 6) is 1.93. The van der Waals surface area contributed by atoms with Crippen LogP contribution < -0.4 is 0 Å². The van der Waals surface area contributed by atoms with Crippen LogP contribution in [-0.2, 0) is 11.2 Å². The monoisotopic (exact) mass is 436 g/mol. The molecular weight excluding hydrogens is 412 g/mol. The number of carbonyl (C=O) groups is 1. The SMILES string of the molecule is O=C(Cc1ccccc1Cl)N1CC(c2cccnc2)C(c2nc(C3CCCC3)no2)C1. The van der Waals surface area contributed by atoms with Crippen LogP contribution in [0.15, 0.2) is 53.3 Å². The first-order valence-corrected chi connectivity index (χ1v) is 11.3. The van der Waals surface area contributed by atoms with Crippen LogP contribution in [0, 0.1) is 0 Å². The van der Waals surface area contributed by atoms with Gasteiger partial charge in [0.1, 0.15) is 0 Å². The first-order valence-electron chi connectivity index (χ1n) is 10.9. The molecule has 1 aliphatic carbocycles. The van der Waals surface area contributed by atoms with Gasteiger partial charge in [-0.2, -0.15) is 4.98 Å². The number of carbonyl (C=O) groups excluding carboxylic acids is 1. The Bertz CT molecular complexity index is 1050. The van der Waals surface area contributed by atoms with Crippen molar-refractivity contribution in [1.82, 2.24) is 20.0 Å². The average Bonchev–Trinajstić information content (AvgIpc) is 3.55. The Morgan fingerprint density at radius 2 is 1.90 bits per heavy atom. The second kappa shape index (κ2) is 8.79. The van der Waals surface area contributed by atoms with Crippen LogP contribution in [0.25, 0.3) is 0 Å².